The third kappa shape index (κ3) is 3.60. The fourth-order valence-corrected chi connectivity index (χ4v) is 4.96. The molecule has 7 nitrogen and oxygen atoms in total. The van der Waals surface area contributed by atoms with Crippen molar-refractivity contribution >= 4 is 34.1 Å². The highest BCUT2D eigenvalue weighted by Crippen LogP contribution is 2.38. The lowest BCUT2D eigenvalue weighted by Crippen LogP contribution is -2.39. The summed E-state index contributed by atoms with van der Waals surface area (Å²) in [5.74, 6) is 0.282. The second-order valence-electron chi connectivity index (χ2n) is 7.47. The molecular weight excluding hydrogens is 390 g/mol. The first-order valence-electron chi connectivity index (χ1n) is 9.51. The van der Waals surface area contributed by atoms with Gasteiger partial charge < -0.3 is 19.9 Å². The number of ether oxygens (including phenoxy) is 1. The highest BCUT2D eigenvalue weighted by atomic mass is 32.1. The van der Waals surface area contributed by atoms with Crippen LogP contribution in [0.15, 0.2) is 18.2 Å². The van der Waals surface area contributed by atoms with Crippen LogP contribution < -0.4 is 10.1 Å². The van der Waals surface area contributed by atoms with Crippen LogP contribution in [0.4, 0.5) is 5.00 Å². The largest absolute Gasteiger partial charge is 0.483 e. The normalized spacial score (nSPS) is 16.1. The minimum atomic E-state index is -0.201. The van der Waals surface area contributed by atoms with Crippen LogP contribution in [-0.4, -0.2) is 54.3 Å². The Kier molecular flexibility index (Phi) is 5.04. The van der Waals surface area contributed by atoms with Crippen molar-refractivity contribution in [3.8, 4) is 5.75 Å². The number of hydrogen-bond donors (Lipinski definition) is 1. The fourth-order valence-electron chi connectivity index (χ4n) is 3.69. The number of carbonyl (C=O) groups excluding carboxylic acids is 3. The number of aryl methyl sites for hydroxylation is 1. The van der Waals surface area contributed by atoms with Gasteiger partial charge in [0.1, 0.15) is 10.8 Å². The van der Waals surface area contributed by atoms with E-state index in [1.54, 1.807) is 11.9 Å². The molecule has 1 aromatic carbocycles. The van der Waals surface area contributed by atoms with Crippen LogP contribution in [0, 0.1) is 13.8 Å². The quantitative estimate of drug-likeness (QED) is 0.838. The summed E-state index contributed by atoms with van der Waals surface area (Å²) in [5.41, 5.74) is 3.68. The van der Waals surface area contributed by atoms with Gasteiger partial charge in [-0.2, -0.15) is 0 Å². The molecule has 3 amide bonds. The van der Waals surface area contributed by atoms with E-state index in [0.717, 1.165) is 27.3 Å². The van der Waals surface area contributed by atoms with E-state index in [1.165, 1.54) is 16.2 Å². The van der Waals surface area contributed by atoms with E-state index >= 15 is 0 Å². The number of rotatable bonds is 3. The molecule has 0 aliphatic carbocycles. The molecule has 152 valence electrons. The Bertz CT molecular complexity index is 1010. The van der Waals surface area contributed by atoms with Crippen molar-refractivity contribution in [2.24, 2.45) is 0 Å². The molecule has 29 heavy (non-hydrogen) atoms. The van der Waals surface area contributed by atoms with Crippen molar-refractivity contribution in [2.75, 3.05) is 32.1 Å². The summed E-state index contributed by atoms with van der Waals surface area (Å²) in [7, 11) is 1.63. The van der Waals surface area contributed by atoms with Crippen LogP contribution >= 0.6 is 11.3 Å². The van der Waals surface area contributed by atoms with Crippen molar-refractivity contribution in [3.63, 3.8) is 0 Å². The monoisotopic (exact) mass is 413 g/mol. The lowest BCUT2D eigenvalue weighted by atomic mass is 10.0. The Hall–Kier alpha value is -2.87. The molecule has 2 aromatic rings. The lowest BCUT2D eigenvalue weighted by Gasteiger charge is -2.27. The maximum Gasteiger partial charge on any atom is 0.260 e. The Balaban J connectivity index is 1.49. The van der Waals surface area contributed by atoms with Crippen molar-refractivity contribution in [3.05, 3.63) is 45.3 Å². The van der Waals surface area contributed by atoms with Crippen LogP contribution in [0.5, 0.6) is 5.75 Å². The van der Waals surface area contributed by atoms with Gasteiger partial charge in [0.05, 0.1) is 18.7 Å². The minimum absolute atomic E-state index is 0.0247. The molecule has 0 radical (unpaired) electrons. The Morgan fingerprint density at radius 2 is 2.03 bits per heavy atom. The molecule has 0 unspecified atom stereocenters. The number of carbonyl (C=O) groups is 3. The first kappa shape index (κ1) is 19.4. The molecule has 0 spiro atoms. The van der Waals surface area contributed by atoms with Crippen molar-refractivity contribution in [1.82, 2.24) is 9.80 Å². The van der Waals surface area contributed by atoms with Crippen molar-refractivity contribution in [2.45, 2.75) is 26.8 Å². The van der Waals surface area contributed by atoms with Crippen molar-refractivity contribution in [1.29, 1.82) is 0 Å². The molecule has 1 aromatic heterocycles. The zero-order valence-electron chi connectivity index (χ0n) is 16.7. The fraction of sp³-hybridized carbons (Fsp3) is 0.381. The summed E-state index contributed by atoms with van der Waals surface area (Å²) in [4.78, 5) is 41.5. The Labute approximate surface area is 173 Å². The van der Waals surface area contributed by atoms with Gasteiger partial charge in [0.15, 0.2) is 6.61 Å². The molecule has 4 rings (SSSR count). The molecule has 0 saturated heterocycles. The number of likely N-dealkylation sites (N-methyl/N-ethyl adjacent to an activating group) is 1. The summed E-state index contributed by atoms with van der Waals surface area (Å²) in [6, 6.07) is 5.79. The minimum Gasteiger partial charge on any atom is -0.483 e. The summed E-state index contributed by atoms with van der Waals surface area (Å²) in [5, 5.41) is 3.42. The number of hydrogen-bond acceptors (Lipinski definition) is 5. The average Bonchev–Trinajstić information content (AvgIpc) is 2.99. The highest BCUT2D eigenvalue weighted by Gasteiger charge is 2.33. The van der Waals surface area contributed by atoms with Gasteiger partial charge in [-0.15, -0.1) is 11.3 Å². The number of nitrogens with zero attached hydrogens (tertiary/aromatic N) is 2. The molecule has 1 N–H and O–H groups in total. The van der Waals surface area contributed by atoms with Gasteiger partial charge in [-0.3, -0.25) is 14.4 Å². The van der Waals surface area contributed by atoms with Gasteiger partial charge >= 0.3 is 0 Å². The van der Waals surface area contributed by atoms with Gasteiger partial charge in [-0.25, -0.2) is 0 Å². The molecule has 2 aliphatic heterocycles. The van der Waals surface area contributed by atoms with Gasteiger partial charge in [0, 0.05) is 18.5 Å². The summed E-state index contributed by atoms with van der Waals surface area (Å²) in [6.45, 7) is 4.96. The highest BCUT2D eigenvalue weighted by molar-refractivity contribution is 7.17. The zero-order valence-corrected chi connectivity index (χ0v) is 17.5. The third-order valence-electron chi connectivity index (χ3n) is 5.51. The molecule has 0 saturated carbocycles. The van der Waals surface area contributed by atoms with E-state index in [0.29, 0.717) is 30.1 Å². The third-order valence-corrected chi connectivity index (χ3v) is 6.64. The van der Waals surface area contributed by atoms with Crippen LogP contribution in [0.1, 0.15) is 31.9 Å². The predicted octanol–water partition coefficient (Wildman–Crippen LogP) is 2.35. The van der Waals surface area contributed by atoms with Gasteiger partial charge in [0.25, 0.3) is 11.8 Å². The first-order valence-corrected chi connectivity index (χ1v) is 10.3. The van der Waals surface area contributed by atoms with Crippen LogP contribution in [0.2, 0.25) is 0 Å². The average molecular weight is 413 g/mol. The molecular formula is C21H23N3O4S. The topological polar surface area (TPSA) is 79.0 Å². The molecule has 2 aliphatic rings. The predicted molar refractivity (Wildman–Crippen MR) is 110 cm³/mol. The summed E-state index contributed by atoms with van der Waals surface area (Å²) < 4.78 is 5.76. The number of anilines is 1. The van der Waals surface area contributed by atoms with Crippen LogP contribution in [0.25, 0.3) is 0 Å². The number of fused-ring (bicyclic) bond motifs is 3. The second kappa shape index (κ2) is 7.51. The van der Waals surface area contributed by atoms with Gasteiger partial charge in [-0.05, 0) is 43.0 Å². The van der Waals surface area contributed by atoms with E-state index in [1.807, 2.05) is 32.0 Å². The molecule has 8 heteroatoms. The first-order chi connectivity index (χ1) is 13.8. The van der Waals surface area contributed by atoms with E-state index in [2.05, 4.69) is 5.32 Å². The van der Waals surface area contributed by atoms with Crippen LogP contribution in [-0.2, 0) is 22.6 Å². The van der Waals surface area contributed by atoms with Gasteiger partial charge in [-0.1, -0.05) is 12.1 Å². The number of amides is 3. The van der Waals surface area contributed by atoms with Crippen molar-refractivity contribution < 1.29 is 19.1 Å². The summed E-state index contributed by atoms with van der Waals surface area (Å²) >= 11 is 1.39. The maximum atomic E-state index is 12.7. The van der Waals surface area contributed by atoms with E-state index in [-0.39, 0.29) is 30.9 Å². The smallest absolute Gasteiger partial charge is 0.260 e. The SMILES string of the molecule is Cc1cccc(OCC(=O)N2CCc3c(sc4c3C(=O)N(C)CC(=O)N4)C2)c1C. The Morgan fingerprint density at radius 3 is 2.83 bits per heavy atom. The standard InChI is InChI=1S/C21H23N3O4S/c1-12-5-4-6-15(13(12)2)28-11-18(26)24-8-7-14-16(9-24)29-20-19(14)21(27)23(3)10-17(25)22-20/h4-6H,7-11H2,1-3H3,(H,22,25). The number of nitrogens with one attached hydrogen (secondary N) is 1. The molecule has 0 atom stereocenters. The number of benzene rings is 1. The Morgan fingerprint density at radius 1 is 1.24 bits per heavy atom. The van der Waals surface area contributed by atoms with Gasteiger partial charge in [0.2, 0.25) is 5.91 Å². The lowest BCUT2D eigenvalue weighted by molar-refractivity contribution is -0.134. The second-order valence-corrected chi connectivity index (χ2v) is 8.57. The summed E-state index contributed by atoms with van der Waals surface area (Å²) in [6.07, 6.45) is 0.589. The van der Waals surface area contributed by atoms with E-state index in [9.17, 15) is 14.4 Å². The molecule has 0 bridgehead atoms. The van der Waals surface area contributed by atoms with E-state index in [4.69, 9.17) is 4.74 Å². The van der Waals surface area contributed by atoms with Crippen LogP contribution in [0.3, 0.4) is 0 Å². The molecule has 0 fully saturated rings. The van der Waals surface area contributed by atoms with E-state index < -0.39 is 0 Å². The molecule has 3 heterocycles. The number of thiophene rings is 1. The maximum absolute atomic E-state index is 12.7. The zero-order chi connectivity index (χ0) is 20.7.